The summed E-state index contributed by atoms with van der Waals surface area (Å²) < 4.78 is 71.4. The number of alkyl halides is 5. The first-order chi connectivity index (χ1) is 14.9. The highest BCUT2D eigenvalue weighted by molar-refractivity contribution is 5.97. The molecule has 2 aliphatic rings. The minimum Gasteiger partial charge on any atom is -0.480 e. The van der Waals surface area contributed by atoms with Crippen molar-refractivity contribution in [1.29, 1.82) is 5.26 Å². The number of ether oxygens (including phenoxy) is 1. The van der Waals surface area contributed by atoms with Gasteiger partial charge in [-0.1, -0.05) is 0 Å². The van der Waals surface area contributed by atoms with Gasteiger partial charge in [0.1, 0.15) is 5.75 Å². The fourth-order valence-corrected chi connectivity index (χ4v) is 3.92. The maximum absolute atomic E-state index is 13.1. The molecule has 1 aliphatic heterocycles. The van der Waals surface area contributed by atoms with Crippen LogP contribution in [0.25, 0.3) is 0 Å². The Bertz CT molecular complexity index is 1060. The molecule has 6 nitrogen and oxygen atoms in total. The first-order valence-electron chi connectivity index (χ1n) is 9.95. The summed E-state index contributed by atoms with van der Waals surface area (Å²) in [6, 6.07) is 5.52. The predicted octanol–water partition coefficient (Wildman–Crippen LogP) is 4.29. The number of nitriles is 1. The van der Waals surface area contributed by atoms with Crippen LogP contribution in [0.15, 0.2) is 24.4 Å². The highest BCUT2D eigenvalue weighted by Crippen LogP contribution is 2.43. The van der Waals surface area contributed by atoms with E-state index in [2.05, 4.69) is 5.10 Å². The smallest absolute Gasteiger partial charge is 0.425 e. The number of fused-ring (bicyclic) bond motifs is 1. The van der Waals surface area contributed by atoms with Gasteiger partial charge in [0.05, 0.1) is 29.4 Å². The summed E-state index contributed by atoms with van der Waals surface area (Å²) >= 11 is 0. The fourth-order valence-electron chi connectivity index (χ4n) is 3.92. The third-order valence-corrected chi connectivity index (χ3v) is 5.64. The molecule has 1 aromatic heterocycles. The summed E-state index contributed by atoms with van der Waals surface area (Å²) in [6.45, 7) is 1.49. The van der Waals surface area contributed by atoms with Crippen LogP contribution < -0.4 is 4.74 Å². The number of carbonyl (C=O) groups is 1. The molecule has 1 amide bonds. The lowest BCUT2D eigenvalue weighted by atomic mass is 9.81. The number of carbonyl (C=O) groups excluding carboxylic acids is 1. The van der Waals surface area contributed by atoms with Crippen LogP contribution in [0, 0.1) is 17.2 Å². The van der Waals surface area contributed by atoms with Crippen molar-refractivity contribution < 1.29 is 31.5 Å². The maximum Gasteiger partial charge on any atom is 0.425 e. The topological polar surface area (TPSA) is 71.2 Å². The van der Waals surface area contributed by atoms with Gasteiger partial charge in [0.15, 0.2) is 6.10 Å². The van der Waals surface area contributed by atoms with Crippen molar-refractivity contribution in [3.8, 4) is 11.8 Å². The van der Waals surface area contributed by atoms with Crippen LogP contribution >= 0.6 is 0 Å². The molecule has 1 aliphatic carbocycles. The van der Waals surface area contributed by atoms with Crippen molar-refractivity contribution in [1.82, 2.24) is 14.7 Å². The fraction of sp³-hybridized carbons (Fsp3) is 0.476. The van der Waals surface area contributed by atoms with Gasteiger partial charge in [0, 0.05) is 37.7 Å². The van der Waals surface area contributed by atoms with Gasteiger partial charge in [-0.25, -0.2) is 8.78 Å². The molecule has 4 rings (SSSR count). The molecule has 1 unspecified atom stereocenters. The summed E-state index contributed by atoms with van der Waals surface area (Å²) in [5.74, 6) is -3.61. The monoisotopic (exact) mass is 454 g/mol. The number of nitrogens with zero attached hydrogens (tertiary/aromatic N) is 4. The number of rotatable bonds is 5. The van der Waals surface area contributed by atoms with Crippen molar-refractivity contribution in [2.24, 2.45) is 5.92 Å². The van der Waals surface area contributed by atoms with Gasteiger partial charge in [-0.3, -0.25) is 9.48 Å². The third kappa shape index (κ3) is 4.40. The van der Waals surface area contributed by atoms with Crippen molar-refractivity contribution in [3.63, 3.8) is 0 Å². The van der Waals surface area contributed by atoms with Gasteiger partial charge in [-0.2, -0.15) is 23.5 Å². The molecule has 32 heavy (non-hydrogen) atoms. The Morgan fingerprint density at radius 3 is 2.66 bits per heavy atom. The zero-order valence-electron chi connectivity index (χ0n) is 17.0. The van der Waals surface area contributed by atoms with E-state index in [-0.39, 0.29) is 48.7 Å². The molecule has 2 aromatic rings. The summed E-state index contributed by atoms with van der Waals surface area (Å²) in [4.78, 5) is 14.5. The van der Waals surface area contributed by atoms with Crippen LogP contribution in [0.1, 0.15) is 46.9 Å². The minimum atomic E-state index is -4.62. The van der Waals surface area contributed by atoms with Crippen LogP contribution in [0.4, 0.5) is 22.0 Å². The van der Waals surface area contributed by atoms with Crippen LogP contribution in [-0.4, -0.2) is 38.8 Å². The number of hydrogen-bond acceptors (Lipinski definition) is 4. The molecule has 0 bridgehead atoms. The average molecular weight is 454 g/mol. The Morgan fingerprint density at radius 2 is 2.06 bits per heavy atom. The molecule has 0 saturated heterocycles. The maximum atomic E-state index is 13.1. The Labute approximate surface area is 180 Å². The number of halogens is 5. The van der Waals surface area contributed by atoms with Crippen LogP contribution in [-0.2, 0) is 19.6 Å². The molecule has 170 valence electrons. The normalized spacial score (nSPS) is 18.6. The van der Waals surface area contributed by atoms with Crippen molar-refractivity contribution >= 4 is 5.91 Å². The molecule has 11 heteroatoms. The van der Waals surface area contributed by atoms with Gasteiger partial charge < -0.3 is 9.64 Å². The Kier molecular flexibility index (Phi) is 5.35. The predicted molar refractivity (Wildman–Crippen MR) is 101 cm³/mol. The van der Waals surface area contributed by atoms with Gasteiger partial charge >= 0.3 is 6.18 Å². The van der Waals surface area contributed by atoms with E-state index >= 15 is 0 Å². The van der Waals surface area contributed by atoms with E-state index in [4.69, 9.17) is 10.00 Å². The van der Waals surface area contributed by atoms with Crippen molar-refractivity contribution in [2.45, 2.75) is 57.6 Å². The molecule has 1 saturated carbocycles. The van der Waals surface area contributed by atoms with E-state index in [1.54, 1.807) is 10.9 Å². The molecule has 0 N–H and O–H groups in total. The van der Waals surface area contributed by atoms with Gasteiger partial charge in [-0.05, 0) is 31.0 Å². The van der Waals surface area contributed by atoms with E-state index in [1.165, 1.54) is 23.1 Å². The number of aromatic nitrogens is 2. The lowest BCUT2D eigenvalue weighted by molar-refractivity contribution is -0.189. The molecule has 1 fully saturated rings. The first-order valence-corrected chi connectivity index (χ1v) is 9.95. The van der Waals surface area contributed by atoms with Gasteiger partial charge in [-0.15, -0.1) is 0 Å². The Morgan fingerprint density at radius 1 is 1.34 bits per heavy atom. The lowest BCUT2D eigenvalue weighted by Gasteiger charge is -2.34. The van der Waals surface area contributed by atoms with Gasteiger partial charge in [0.25, 0.3) is 5.91 Å². The highest BCUT2D eigenvalue weighted by Gasteiger charge is 2.45. The summed E-state index contributed by atoms with van der Waals surface area (Å²) in [5.41, 5.74) is 1.31. The largest absolute Gasteiger partial charge is 0.480 e. The molecular formula is C21H19F5N4O2. The molecule has 1 aromatic carbocycles. The van der Waals surface area contributed by atoms with E-state index in [9.17, 15) is 26.7 Å². The van der Waals surface area contributed by atoms with E-state index in [0.29, 0.717) is 12.2 Å². The Hall–Kier alpha value is -3.16. The minimum absolute atomic E-state index is 0.111. The first kappa shape index (κ1) is 22.0. The molecule has 2 heterocycles. The number of benzene rings is 1. The lowest BCUT2D eigenvalue weighted by Crippen LogP contribution is -2.37. The molecule has 0 spiro atoms. The molecular weight excluding hydrogens is 435 g/mol. The molecule has 1 atom stereocenters. The van der Waals surface area contributed by atoms with Crippen molar-refractivity contribution in [2.75, 3.05) is 0 Å². The van der Waals surface area contributed by atoms with Crippen LogP contribution in [0.3, 0.4) is 0 Å². The highest BCUT2D eigenvalue weighted by atomic mass is 19.4. The summed E-state index contributed by atoms with van der Waals surface area (Å²) in [5, 5.41) is 13.5. The second-order valence-corrected chi connectivity index (χ2v) is 8.24. The van der Waals surface area contributed by atoms with E-state index < -0.39 is 24.1 Å². The zero-order valence-corrected chi connectivity index (χ0v) is 17.0. The van der Waals surface area contributed by atoms with E-state index in [0.717, 1.165) is 12.5 Å². The van der Waals surface area contributed by atoms with Crippen LogP contribution in [0.5, 0.6) is 5.75 Å². The Balaban J connectivity index is 1.48. The molecule has 0 radical (unpaired) electrons. The quantitative estimate of drug-likeness (QED) is 0.633. The van der Waals surface area contributed by atoms with E-state index in [1.807, 2.05) is 6.07 Å². The summed E-state index contributed by atoms with van der Waals surface area (Å²) in [6.07, 6.45) is -5.40. The average Bonchev–Trinajstić information content (AvgIpc) is 3.24. The zero-order chi connectivity index (χ0) is 23.3. The summed E-state index contributed by atoms with van der Waals surface area (Å²) in [7, 11) is 0. The standard InChI is InChI=1S/C21H19F5N4O2/c1-12(21(24,25)26)32-18-3-2-13(7-27)4-16(18)19(31)29-9-15-10-30(28-17(15)11-29)8-14-5-20(22,23)6-14/h2-4,10,12,14H,5-6,8-9,11H2,1H3. The van der Waals surface area contributed by atoms with Crippen LogP contribution in [0.2, 0.25) is 0 Å². The number of hydrogen-bond donors (Lipinski definition) is 0. The van der Waals surface area contributed by atoms with Crippen molar-refractivity contribution in [3.05, 3.63) is 46.8 Å². The SMILES string of the molecule is CC(Oc1ccc(C#N)cc1C(=O)N1Cc2cn(CC3CC(F)(F)C3)nc2C1)C(F)(F)F. The second-order valence-electron chi connectivity index (χ2n) is 8.24. The second kappa shape index (κ2) is 7.76. The number of amides is 1. The third-order valence-electron chi connectivity index (χ3n) is 5.64. The van der Waals surface area contributed by atoms with Gasteiger partial charge in [0.2, 0.25) is 5.92 Å².